The van der Waals surface area contributed by atoms with Crippen molar-refractivity contribution in [3.8, 4) is 0 Å². The zero-order valence-electron chi connectivity index (χ0n) is 21.2. The summed E-state index contributed by atoms with van der Waals surface area (Å²) in [5.41, 5.74) is 2.73. The minimum atomic E-state index is -3.70. The molecular formula is C29H33N3O4S. The Balaban J connectivity index is 1.48. The third-order valence-electron chi connectivity index (χ3n) is 6.80. The first-order chi connectivity index (χ1) is 17.8. The molecule has 1 saturated heterocycles. The van der Waals surface area contributed by atoms with Gasteiger partial charge in [0, 0.05) is 25.2 Å². The highest BCUT2D eigenvalue weighted by Crippen LogP contribution is 2.26. The predicted molar refractivity (Wildman–Crippen MR) is 145 cm³/mol. The molecule has 1 fully saturated rings. The number of hydrogen-bond acceptors (Lipinski definition) is 4. The topological polar surface area (TPSA) is 95.6 Å². The normalized spacial score (nSPS) is 14.8. The van der Waals surface area contributed by atoms with Crippen LogP contribution in [-0.4, -0.2) is 44.2 Å². The summed E-state index contributed by atoms with van der Waals surface area (Å²) in [6.45, 7) is 5.30. The van der Waals surface area contributed by atoms with Crippen molar-refractivity contribution in [3.05, 3.63) is 95.1 Å². The first-order valence-electron chi connectivity index (χ1n) is 12.6. The molecular weight excluding hydrogens is 486 g/mol. The van der Waals surface area contributed by atoms with Crippen LogP contribution in [0, 0.1) is 12.8 Å². The van der Waals surface area contributed by atoms with E-state index in [1.807, 2.05) is 30.3 Å². The Labute approximate surface area is 218 Å². The van der Waals surface area contributed by atoms with Gasteiger partial charge in [-0.15, -0.1) is 0 Å². The summed E-state index contributed by atoms with van der Waals surface area (Å²) in [4.78, 5) is 26.2. The van der Waals surface area contributed by atoms with Crippen molar-refractivity contribution in [1.29, 1.82) is 0 Å². The number of piperidine rings is 1. The number of carbonyl (C=O) groups is 2. The predicted octanol–water partition coefficient (Wildman–Crippen LogP) is 4.64. The Morgan fingerprint density at radius 3 is 2.30 bits per heavy atom. The van der Waals surface area contributed by atoms with Crippen molar-refractivity contribution in [3.63, 3.8) is 0 Å². The molecule has 0 atom stereocenters. The van der Waals surface area contributed by atoms with Gasteiger partial charge in [-0.3, -0.25) is 9.59 Å². The lowest BCUT2D eigenvalue weighted by Gasteiger charge is -2.29. The molecule has 0 spiro atoms. The van der Waals surface area contributed by atoms with E-state index in [2.05, 4.69) is 17.6 Å². The minimum Gasteiger partial charge on any atom is -0.352 e. The fourth-order valence-electron chi connectivity index (χ4n) is 4.42. The Bertz CT molecular complexity index is 1360. The first-order valence-corrected chi connectivity index (χ1v) is 14.0. The highest BCUT2D eigenvalue weighted by Gasteiger charge is 2.29. The number of rotatable bonds is 8. The van der Waals surface area contributed by atoms with E-state index in [1.54, 1.807) is 43.3 Å². The number of nitrogens with zero attached hydrogens (tertiary/aromatic N) is 1. The molecule has 1 heterocycles. The Morgan fingerprint density at radius 2 is 1.57 bits per heavy atom. The van der Waals surface area contributed by atoms with Crippen molar-refractivity contribution in [1.82, 2.24) is 9.62 Å². The van der Waals surface area contributed by atoms with Crippen LogP contribution >= 0.6 is 0 Å². The molecule has 7 nitrogen and oxygen atoms in total. The second-order valence-electron chi connectivity index (χ2n) is 9.55. The summed E-state index contributed by atoms with van der Waals surface area (Å²) in [6, 6.07) is 21.3. The molecule has 1 aliphatic heterocycles. The molecule has 0 unspecified atom stereocenters. The third kappa shape index (κ3) is 6.45. The van der Waals surface area contributed by atoms with E-state index in [9.17, 15) is 18.0 Å². The molecule has 8 heteroatoms. The van der Waals surface area contributed by atoms with Crippen LogP contribution < -0.4 is 10.6 Å². The number of aryl methyl sites for hydroxylation is 1. The number of carbonyl (C=O) groups excluding carboxylic acids is 2. The lowest BCUT2D eigenvalue weighted by atomic mass is 10.0. The van der Waals surface area contributed by atoms with E-state index in [1.165, 1.54) is 10.4 Å². The maximum atomic E-state index is 13.3. The van der Waals surface area contributed by atoms with Gasteiger partial charge in [-0.05, 0) is 67.5 Å². The number of anilines is 1. The summed E-state index contributed by atoms with van der Waals surface area (Å²) in [7, 11) is -3.70. The van der Waals surface area contributed by atoms with Crippen molar-refractivity contribution < 1.29 is 18.0 Å². The fraction of sp³-hybridized carbons (Fsp3) is 0.310. The van der Waals surface area contributed by atoms with Crippen LogP contribution in [0.25, 0.3) is 0 Å². The maximum absolute atomic E-state index is 13.3. The smallest absolute Gasteiger partial charge is 0.255 e. The lowest BCUT2D eigenvalue weighted by Crippen LogP contribution is -2.38. The SMILES string of the molecule is Cc1ccc(S(=O)(=O)N2CCC(C)CC2)cc1C(=O)Nc1ccccc1C(=O)NCCc1ccccc1. The Kier molecular flexibility index (Phi) is 8.41. The summed E-state index contributed by atoms with van der Waals surface area (Å²) < 4.78 is 27.9. The number of nitrogens with one attached hydrogen (secondary N) is 2. The van der Waals surface area contributed by atoms with Gasteiger partial charge in [0.05, 0.1) is 16.1 Å². The maximum Gasteiger partial charge on any atom is 0.255 e. The van der Waals surface area contributed by atoms with Gasteiger partial charge in [0.25, 0.3) is 11.8 Å². The van der Waals surface area contributed by atoms with Crippen molar-refractivity contribution in [2.24, 2.45) is 5.92 Å². The van der Waals surface area contributed by atoms with Crippen LogP contribution in [0.4, 0.5) is 5.69 Å². The molecule has 0 aromatic heterocycles. The highest BCUT2D eigenvalue weighted by atomic mass is 32.2. The van der Waals surface area contributed by atoms with E-state index >= 15 is 0 Å². The third-order valence-corrected chi connectivity index (χ3v) is 8.69. The minimum absolute atomic E-state index is 0.102. The number of sulfonamides is 1. The Morgan fingerprint density at radius 1 is 0.892 bits per heavy atom. The molecule has 0 radical (unpaired) electrons. The number of hydrogen-bond donors (Lipinski definition) is 2. The standard InChI is InChI=1S/C29H33N3O4S/c1-21-15-18-32(19-16-21)37(35,36)24-13-12-22(2)26(20-24)29(34)31-27-11-7-6-10-25(27)28(33)30-17-14-23-8-4-3-5-9-23/h3-13,20-21H,14-19H2,1-2H3,(H,30,33)(H,31,34). The largest absolute Gasteiger partial charge is 0.352 e. The molecule has 3 aromatic rings. The quantitative estimate of drug-likeness (QED) is 0.453. The summed E-state index contributed by atoms with van der Waals surface area (Å²) >= 11 is 0. The van der Waals surface area contributed by atoms with Gasteiger partial charge in [-0.2, -0.15) is 4.31 Å². The van der Waals surface area contributed by atoms with Crippen LogP contribution in [0.1, 0.15) is 51.6 Å². The molecule has 194 valence electrons. The highest BCUT2D eigenvalue weighted by molar-refractivity contribution is 7.89. The van der Waals surface area contributed by atoms with Gasteiger partial charge in [0.15, 0.2) is 0 Å². The van der Waals surface area contributed by atoms with Crippen molar-refractivity contribution in [2.45, 2.75) is 38.0 Å². The molecule has 1 aliphatic rings. The summed E-state index contributed by atoms with van der Waals surface area (Å²) in [6.07, 6.45) is 2.34. The molecule has 4 rings (SSSR count). The monoisotopic (exact) mass is 519 g/mol. The second-order valence-corrected chi connectivity index (χ2v) is 11.5. The van der Waals surface area contributed by atoms with Crippen molar-refractivity contribution >= 4 is 27.5 Å². The van der Waals surface area contributed by atoms with Gasteiger partial charge in [-0.25, -0.2) is 8.42 Å². The van der Waals surface area contributed by atoms with E-state index in [4.69, 9.17) is 0 Å². The van der Waals surface area contributed by atoms with Crippen LogP contribution in [0.15, 0.2) is 77.7 Å². The average molecular weight is 520 g/mol. The van der Waals surface area contributed by atoms with Crippen LogP contribution in [0.2, 0.25) is 0 Å². The van der Waals surface area contributed by atoms with Crippen LogP contribution in [0.5, 0.6) is 0 Å². The molecule has 0 saturated carbocycles. The summed E-state index contributed by atoms with van der Waals surface area (Å²) in [5.74, 6) is -0.257. The van der Waals surface area contributed by atoms with Crippen LogP contribution in [0.3, 0.4) is 0 Å². The molecule has 37 heavy (non-hydrogen) atoms. The zero-order chi connectivity index (χ0) is 26.4. The van der Waals surface area contributed by atoms with E-state index in [-0.39, 0.29) is 16.4 Å². The van der Waals surface area contributed by atoms with Gasteiger partial charge >= 0.3 is 0 Å². The number of amides is 2. The first kappa shape index (κ1) is 26.6. The van der Waals surface area contributed by atoms with Crippen LogP contribution in [-0.2, 0) is 16.4 Å². The van der Waals surface area contributed by atoms with Gasteiger partial charge in [0.1, 0.15) is 0 Å². The van der Waals surface area contributed by atoms with E-state index in [0.29, 0.717) is 48.8 Å². The molecule has 0 aliphatic carbocycles. The van der Waals surface area contributed by atoms with Gasteiger partial charge in [0.2, 0.25) is 10.0 Å². The van der Waals surface area contributed by atoms with E-state index < -0.39 is 15.9 Å². The van der Waals surface area contributed by atoms with Gasteiger partial charge < -0.3 is 10.6 Å². The average Bonchev–Trinajstić information content (AvgIpc) is 2.90. The molecule has 3 aromatic carbocycles. The number of para-hydroxylation sites is 1. The van der Waals surface area contributed by atoms with E-state index in [0.717, 1.165) is 18.4 Å². The molecule has 0 bridgehead atoms. The lowest BCUT2D eigenvalue weighted by molar-refractivity contribution is 0.0955. The Hall–Kier alpha value is -3.49. The van der Waals surface area contributed by atoms with Gasteiger partial charge in [-0.1, -0.05) is 55.5 Å². The molecule has 2 N–H and O–H groups in total. The molecule has 2 amide bonds. The fourth-order valence-corrected chi connectivity index (χ4v) is 5.92. The zero-order valence-corrected chi connectivity index (χ0v) is 22.1. The number of benzene rings is 3. The second kappa shape index (κ2) is 11.7. The summed E-state index contributed by atoms with van der Waals surface area (Å²) in [5, 5.41) is 5.72. The van der Waals surface area contributed by atoms with Crippen molar-refractivity contribution in [2.75, 3.05) is 25.0 Å².